The smallest absolute Gasteiger partial charge is 0.0818 e. The number of nitrogens with zero attached hydrogens (tertiary/aromatic N) is 2. The van der Waals surface area contributed by atoms with Gasteiger partial charge in [0.1, 0.15) is 0 Å². The molecule has 1 aromatic rings. The Morgan fingerprint density at radius 3 is 2.70 bits per heavy atom. The van der Waals surface area contributed by atoms with E-state index in [1.54, 1.807) is 0 Å². The molecule has 0 aliphatic carbocycles. The van der Waals surface area contributed by atoms with Crippen LogP contribution in [0.5, 0.6) is 0 Å². The molecular formula is C16H26N2O2. The van der Waals surface area contributed by atoms with E-state index in [0.29, 0.717) is 6.10 Å². The summed E-state index contributed by atoms with van der Waals surface area (Å²) < 4.78 is 11.6. The Balaban J connectivity index is 2.09. The highest BCUT2D eigenvalue weighted by Crippen LogP contribution is 2.25. The van der Waals surface area contributed by atoms with Crippen LogP contribution in [0, 0.1) is 6.92 Å². The predicted molar refractivity (Wildman–Crippen MR) is 79.7 cm³/mol. The van der Waals surface area contributed by atoms with Gasteiger partial charge in [-0.3, -0.25) is 4.98 Å². The largest absolute Gasteiger partial charge is 0.381 e. The Morgan fingerprint density at radius 2 is 2.05 bits per heavy atom. The predicted octanol–water partition coefficient (Wildman–Crippen LogP) is 2.71. The molecule has 1 aliphatic rings. The third-order valence-electron chi connectivity index (χ3n) is 3.62. The van der Waals surface area contributed by atoms with E-state index < -0.39 is 0 Å². The minimum Gasteiger partial charge on any atom is -0.381 e. The van der Waals surface area contributed by atoms with Gasteiger partial charge in [0.25, 0.3) is 0 Å². The van der Waals surface area contributed by atoms with Crippen molar-refractivity contribution in [1.29, 1.82) is 0 Å². The van der Waals surface area contributed by atoms with E-state index in [4.69, 9.17) is 9.47 Å². The van der Waals surface area contributed by atoms with Gasteiger partial charge < -0.3 is 14.4 Å². The molecule has 1 unspecified atom stereocenters. The first kappa shape index (κ1) is 15.4. The summed E-state index contributed by atoms with van der Waals surface area (Å²) in [6, 6.07) is 4.23. The number of rotatable bonds is 5. The highest BCUT2D eigenvalue weighted by atomic mass is 16.5. The minimum atomic E-state index is 0.0844. The molecule has 1 atom stereocenters. The van der Waals surface area contributed by atoms with E-state index in [9.17, 15) is 0 Å². The molecule has 0 radical (unpaired) electrons. The lowest BCUT2D eigenvalue weighted by molar-refractivity contribution is -0.0640. The van der Waals surface area contributed by atoms with Crippen LogP contribution < -0.4 is 0 Å². The molecular weight excluding hydrogens is 252 g/mol. The van der Waals surface area contributed by atoms with Crippen LogP contribution in [0.2, 0.25) is 0 Å². The van der Waals surface area contributed by atoms with Crippen molar-refractivity contribution in [1.82, 2.24) is 9.88 Å². The van der Waals surface area contributed by atoms with Gasteiger partial charge in [0.05, 0.1) is 17.9 Å². The summed E-state index contributed by atoms with van der Waals surface area (Å²) in [5.41, 5.74) is 3.38. The zero-order chi connectivity index (χ0) is 14.5. The maximum absolute atomic E-state index is 6.20. The van der Waals surface area contributed by atoms with Crippen LogP contribution in [-0.2, 0) is 16.0 Å². The molecule has 20 heavy (non-hydrogen) atoms. The van der Waals surface area contributed by atoms with Crippen molar-refractivity contribution in [2.45, 2.75) is 45.4 Å². The number of aromatic nitrogens is 1. The van der Waals surface area contributed by atoms with Crippen molar-refractivity contribution in [3.8, 4) is 0 Å². The molecule has 0 spiro atoms. The standard InChI is InChI=1S/C16H26N2O2/c1-12-5-6-15(16(17-12)11-18(3)4)13(2)20-14-7-9-19-10-8-14/h5-6,13-14H,7-11H2,1-4H3. The van der Waals surface area contributed by atoms with Crippen LogP contribution in [0.1, 0.15) is 42.8 Å². The van der Waals surface area contributed by atoms with Gasteiger partial charge in [-0.2, -0.15) is 0 Å². The molecule has 0 bridgehead atoms. The highest BCUT2D eigenvalue weighted by Gasteiger charge is 2.20. The van der Waals surface area contributed by atoms with Crippen LogP contribution in [0.4, 0.5) is 0 Å². The maximum Gasteiger partial charge on any atom is 0.0818 e. The van der Waals surface area contributed by atoms with Crippen molar-refractivity contribution in [3.63, 3.8) is 0 Å². The van der Waals surface area contributed by atoms with E-state index >= 15 is 0 Å². The Labute approximate surface area is 122 Å². The molecule has 1 aromatic heterocycles. The topological polar surface area (TPSA) is 34.6 Å². The van der Waals surface area contributed by atoms with Crippen LogP contribution in [0.25, 0.3) is 0 Å². The summed E-state index contributed by atoms with van der Waals surface area (Å²) in [5, 5.41) is 0. The molecule has 112 valence electrons. The van der Waals surface area contributed by atoms with Gasteiger partial charge in [0.15, 0.2) is 0 Å². The zero-order valence-corrected chi connectivity index (χ0v) is 13.1. The summed E-state index contributed by atoms with van der Waals surface area (Å²) in [5.74, 6) is 0. The molecule has 1 saturated heterocycles. The van der Waals surface area contributed by atoms with Crippen LogP contribution >= 0.6 is 0 Å². The monoisotopic (exact) mass is 278 g/mol. The fraction of sp³-hybridized carbons (Fsp3) is 0.688. The van der Waals surface area contributed by atoms with E-state index in [1.807, 2.05) is 6.92 Å². The number of ether oxygens (including phenoxy) is 2. The number of pyridine rings is 1. The van der Waals surface area contributed by atoms with Gasteiger partial charge in [0, 0.05) is 31.0 Å². The fourth-order valence-electron chi connectivity index (χ4n) is 2.59. The first-order valence-electron chi connectivity index (χ1n) is 7.40. The third kappa shape index (κ3) is 4.27. The Bertz CT molecular complexity index is 428. The van der Waals surface area contributed by atoms with Crippen LogP contribution in [0.3, 0.4) is 0 Å². The Kier molecular flexibility index (Phi) is 5.52. The average Bonchev–Trinajstić information content (AvgIpc) is 2.39. The van der Waals surface area contributed by atoms with Crippen molar-refractivity contribution in [2.24, 2.45) is 0 Å². The molecule has 0 saturated carbocycles. The summed E-state index contributed by atoms with van der Waals surface area (Å²) >= 11 is 0. The molecule has 2 heterocycles. The van der Waals surface area contributed by atoms with Crippen LogP contribution in [-0.4, -0.2) is 43.3 Å². The average molecular weight is 278 g/mol. The van der Waals surface area contributed by atoms with Crippen LogP contribution in [0.15, 0.2) is 12.1 Å². The van der Waals surface area contributed by atoms with Gasteiger partial charge >= 0.3 is 0 Å². The van der Waals surface area contributed by atoms with Crippen molar-refractivity contribution in [2.75, 3.05) is 27.3 Å². The van der Waals surface area contributed by atoms with Crippen molar-refractivity contribution < 1.29 is 9.47 Å². The molecule has 0 amide bonds. The van der Waals surface area contributed by atoms with Crippen molar-refractivity contribution in [3.05, 3.63) is 29.1 Å². The first-order chi connectivity index (χ1) is 9.56. The van der Waals surface area contributed by atoms with Gasteiger partial charge in [-0.15, -0.1) is 0 Å². The molecule has 1 aliphatic heterocycles. The van der Waals surface area contributed by atoms with Gasteiger partial charge in [-0.1, -0.05) is 6.07 Å². The normalized spacial score (nSPS) is 18.4. The highest BCUT2D eigenvalue weighted by molar-refractivity contribution is 5.25. The van der Waals surface area contributed by atoms with E-state index in [0.717, 1.165) is 44.0 Å². The summed E-state index contributed by atoms with van der Waals surface area (Å²) in [6.07, 6.45) is 2.38. The number of hydrogen-bond acceptors (Lipinski definition) is 4. The van der Waals surface area contributed by atoms with E-state index in [1.165, 1.54) is 5.56 Å². The molecule has 2 rings (SSSR count). The van der Waals surface area contributed by atoms with E-state index in [2.05, 4.69) is 43.0 Å². The fourth-order valence-corrected chi connectivity index (χ4v) is 2.59. The Hall–Kier alpha value is -0.970. The summed E-state index contributed by atoms with van der Waals surface area (Å²) in [7, 11) is 4.13. The Morgan fingerprint density at radius 1 is 1.35 bits per heavy atom. The molecule has 0 N–H and O–H groups in total. The number of aryl methyl sites for hydroxylation is 1. The molecule has 0 aromatic carbocycles. The molecule has 4 nitrogen and oxygen atoms in total. The summed E-state index contributed by atoms with van der Waals surface area (Å²) in [6.45, 7) is 6.63. The second-order valence-electron chi connectivity index (χ2n) is 5.82. The zero-order valence-electron chi connectivity index (χ0n) is 13.1. The molecule has 1 fully saturated rings. The van der Waals surface area contributed by atoms with Crippen molar-refractivity contribution >= 4 is 0 Å². The lowest BCUT2D eigenvalue weighted by Crippen LogP contribution is -2.25. The lowest BCUT2D eigenvalue weighted by atomic mass is 10.1. The quantitative estimate of drug-likeness (QED) is 0.829. The lowest BCUT2D eigenvalue weighted by Gasteiger charge is -2.27. The first-order valence-corrected chi connectivity index (χ1v) is 7.40. The summed E-state index contributed by atoms with van der Waals surface area (Å²) in [4.78, 5) is 6.83. The number of hydrogen-bond donors (Lipinski definition) is 0. The van der Waals surface area contributed by atoms with Gasteiger partial charge in [-0.25, -0.2) is 0 Å². The van der Waals surface area contributed by atoms with E-state index in [-0.39, 0.29) is 6.10 Å². The maximum atomic E-state index is 6.20. The van der Waals surface area contributed by atoms with Gasteiger partial charge in [-0.05, 0) is 46.9 Å². The molecule has 4 heteroatoms. The van der Waals surface area contributed by atoms with Gasteiger partial charge in [0.2, 0.25) is 0 Å². The third-order valence-corrected chi connectivity index (χ3v) is 3.62. The second-order valence-corrected chi connectivity index (χ2v) is 5.82. The minimum absolute atomic E-state index is 0.0844. The SMILES string of the molecule is Cc1ccc(C(C)OC2CCOCC2)c(CN(C)C)n1. The second kappa shape index (κ2) is 7.16.